The number of rotatable bonds is 5. The van der Waals surface area contributed by atoms with E-state index < -0.39 is 17.5 Å². The van der Waals surface area contributed by atoms with Crippen molar-refractivity contribution in [2.75, 3.05) is 11.9 Å². The van der Waals surface area contributed by atoms with Crippen LogP contribution in [-0.2, 0) is 17.6 Å². The summed E-state index contributed by atoms with van der Waals surface area (Å²) in [4.78, 5) is 38.9. The molecule has 0 saturated heterocycles. The minimum Gasteiger partial charge on any atom is -0.462 e. The SMILES string of the molecule is CCOC(=O)c1c(NC(=O)c2cc3ccccc3c(=O)o2)sc2c1CC[C@H](CC)C2. The van der Waals surface area contributed by atoms with Crippen LogP contribution in [0, 0.1) is 5.92 Å². The molecular formula is C23H23NO5S. The van der Waals surface area contributed by atoms with Crippen LogP contribution < -0.4 is 10.9 Å². The van der Waals surface area contributed by atoms with Crippen molar-refractivity contribution < 1.29 is 18.7 Å². The Bertz CT molecular complexity index is 1180. The molecular weight excluding hydrogens is 402 g/mol. The number of anilines is 1. The molecule has 2 heterocycles. The number of carbonyl (C=O) groups excluding carboxylic acids is 2. The number of esters is 1. The number of benzene rings is 1. The highest BCUT2D eigenvalue weighted by atomic mass is 32.1. The van der Waals surface area contributed by atoms with Crippen molar-refractivity contribution in [1.82, 2.24) is 0 Å². The lowest BCUT2D eigenvalue weighted by molar-refractivity contribution is 0.0526. The van der Waals surface area contributed by atoms with E-state index in [2.05, 4.69) is 12.2 Å². The summed E-state index contributed by atoms with van der Waals surface area (Å²) in [6.45, 7) is 4.18. The quantitative estimate of drug-likeness (QED) is 0.594. The van der Waals surface area contributed by atoms with Crippen molar-refractivity contribution in [1.29, 1.82) is 0 Å². The second-order valence-electron chi connectivity index (χ2n) is 7.38. The fraction of sp³-hybridized carbons (Fsp3) is 0.348. The van der Waals surface area contributed by atoms with Crippen molar-refractivity contribution in [2.24, 2.45) is 5.92 Å². The fourth-order valence-corrected chi connectivity index (χ4v) is 5.27. The van der Waals surface area contributed by atoms with Gasteiger partial charge >= 0.3 is 11.6 Å². The zero-order valence-electron chi connectivity index (χ0n) is 16.9. The molecule has 2 aromatic heterocycles. The number of carbonyl (C=O) groups is 2. The lowest BCUT2D eigenvalue weighted by Crippen LogP contribution is -2.18. The van der Waals surface area contributed by atoms with Gasteiger partial charge in [0, 0.05) is 4.88 Å². The minimum absolute atomic E-state index is 0.0914. The highest BCUT2D eigenvalue weighted by Gasteiger charge is 2.30. The number of thiophene rings is 1. The Morgan fingerprint density at radius 3 is 2.83 bits per heavy atom. The van der Waals surface area contributed by atoms with E-state index in [0.29, 0.717) is 27.3 Å². The van der Waals surface area contributed by atoms with Crippen LogP contribution in [0.2, 0.25) is 0 Å². The highest BCUT2D eigenvalue weighted by molar-refractivity contribution is 7.17. The predicted molar refractivity (Wildman–Crippen MR) is 117 cm³/mol. The van der Waals surface area contributed by atoms with Gasteiger partial charge in [0.15, 0.2) is 5.76 Å². The first kappa shape index (κ1) is 20.3. The molecule has 7 heteroatoms. The lowest BCUT2D eigenvalue weighted by Gasteiger charge is -2.20. The summed E-state index contributed by atoms with van der Waals surface area (Å²) in [5.74, 6) is -0.506. The van der Waals surface area contributed by atoms with E-state index in [1.165, 1.54) is 17.4 Å². The van der Waals surface area contributed by atoms with Gasteiger partial charge in [-0.25, -0.2) is 9.59 Å². The lowest BCUT2D eigenvalue weighted by atomic mass is 9.85. The molecule has 3 aromatic rings. The molecule has 1 aromatic carbocycles. The number of hydrogen-bond acceptors (Lipinski definition) is 6. The Morgan fingerprint density at radius 2 is 2.07 bits per heavy atom. The van der Waals surface area contributed by atoms with Gasteiger partial charge in [0.25, 0.3) is 5.91 Å². The molecule has 156 valence electrons. The molecule has 1 N–H and O–H groups in total. The molecule has 6 nitrogen and oxygen atoms in total. The van der Waals surface area contributed by atoms with Crippen LogP contribution >= 0.6 is 11.3 Å². The smallest absolute Gasteiger partial charge is 0.344 e. The molecule has 0 saturated carbocycles. The molecule has 0 bridgehead atoms. The first-order valence-electron chi connectivity index (χ1n) is 10.2. The van der Waals surface area contributed by atoms with E-state index in [-0.39, 0.29) is 12.4 Å². The topological polar surface area (TPSA) is 85.6 Å². The van der Waals surface area contributed by atoms with Crippen LogP contribution in [0.15, 0.2) is 39.5 Å². The molecule has 1 aliphatic carbocycles. The maximum absolute atomic E-state index is 12.9. The molecule has 0 aliphatic heterocycles. The van der Waals surface area contributed by atoms with Gasteiger partial charge in [-0.3, -0.25) is 4.79 Å². The number of ether oxygens (including phenoxy) is 1. The van der Waals surface area contributed by atoms with Crippen LogP contribution in [0.25, 0.3) is 10.8 Å². The van der Waals surface area contributed by atoms with Gasteiger partial charge in [-0.15, -0.1) is 11.3 Å². The first-order chi connectivity index (χ1) is 14.5. The Kier molecular flexibility index (Phi) is 5.72. The van der Waals surface area contributed by atoms with Gasteiger partial charge < -0.3 is 14.5 Å². The Balaban J connectivity index is 1.70. The summed E-state index contributed by atoms with van der Waals surface area (Å²) in [6.07, 6.45) is 3.78. The fourth-order valence-electron chi connectivity index (χ4n) is 3.92. The van der Waals surface area contributed by atoms with Crippen molar-refractivity contribution >= 4 is 39.0 Å². The monoisotopic (exact) mass is 425 g/mol. The van der Waals surface area contributed by atoms with Crippen molar-refractivity contribution in [3.05, 3.63) is 62.5 Å². The van der Waals surface area contributed by atoms with E-state index >= 15 is 0 Å². The van der Waals surface area contributed by atoms with Crippen molar-refractivity contribution in [2.45, 2.75) is 39.5 Å². The van der Waals surface area contributed by atoms with Gasteiger partial charge in [0.2, 0.25) is 0 Å². The van der Waals surface area contributed by atoms with Crippen molar-refractivity contribution in [3.63, 3.8) is 0 Å². The minimum atomic E-state index is -0.569. The van der Waals surface area contributed by atoms with Gasteiger partial charge in [-0.05, 0) is 55.2 Å². The van der Waals surface area contributed by atoms with Gasteiger partial charge in [0.1, 0.15) is 5.00 Å². The molecule has 4 rings (SSSR count). The third kappa shape index (κ3) is 3.77. The zero-order valence-corrected chi connectivity index (χ0v) is 17.8. The standard InChI is InChI=1S/C23H23NO5S/c1-3-13-9-10-16-18(11-13)30-21(19(16)23(27)28-4-2)24-20(25)17-12-14-7-5-6-8-15(14)22(26)29-17/h5-8,12-13H,3-4,9-11H2,1-2H3,(H,24,25)/t13-/m0/s1. The summed E-state index contributed by atoms with van der Waals surface area (Å²) in [5.41, 5.74) is 0.835. The molecule has 1 amide bonds. The van der Waals surface area contributed by atoms with Gasteiger partial charge in [-0.1, -0.05) is 31.5 Å². The largest absolute Gasteiger partial charge is 0.462 e. The third-order valence-corrected chi connectivity index (χ3v) is 6.71. The van der Waals surface area contributed by atoms with Crippen LogP contribution in [0.3, 0.4) is 0 Å². The molecule has 0 fully saturated rings. The molecule has 0 radical (unpaired) electrons. The maximum Gasteiger partial charge on any atom is 0.344 e. The average Bonchev–Trinajstić information content (AvgIpc) is 3.10. The summed E-state index contributed by atoms with van der Waals surface area (Å²) < 4.78 is 10.5. The van der Waals surface area contributed by atoms with E-state index in [9.17, 15) is 14.4 Å². The van der Waals surface area contributed by atoms with E-state index in [0.717, 1.165) is 36.1 Å². The molecule has 1 atom stereocenters. The molecule has 30 heavy (non-hydrogen) atoms. The Hall–Kier alpha value is -2.93. The predicted octanol–water partition coefficient (Wildman–Crippen LogP) is 4.80. The summed E-state index contributed by atoms with van der Waals surface area (Å²) in [7, 11) is 0. The number of hydrogen-bond donors (Lipinski definition) is 1. The number of fused-ring (bicyclic) bond motifs is 2. The van der Waals surface area contributed by atoms with E-state index in [1.54, 1.807) is 31.2 Å². The second kappa shape index (κ2) is 8.44. The molecule has 0 unspecified atom stereocenters. The summed E-state index contributed by atoms with van der Waals surface area (Å²) >= 11 is 1.41. The Morgan fingerprint density at radius 1 is 1.27 bits per heavy atom. The first-order valence-corrected chi connectivity index (χ1v) is 11.0. The molecule has 0 spiro atoms. The molecule has 1 aliphatic rings. The number of nitrogens with one attached hydrogen (secondary N) is 1. The van der Waals surface area contributed by atoms with Crippen LogP contribution in [-0.4, -0.2) is 18.5 Å². The van der Waals surface area contributed by atoms with Crippen LogP contribution in [0.4, 0.5) is 5.00 Å². The highest BCUT2D eigenvalue weighted by Crippen LogP contribution is 2.41. The maximum atomic E-state index is 12.9. The van der Waals surface area contributed by atoms with Gasteiger partial charge in [-0.2, -0.15) is 0 Å². The van der Waals surface area contributed by atoms with Crippen LogP contribution in [0.5, 0.6) is 0 Å². The van der Waals surface area contributed by atoms with E-state index in [1.807, 2.05) is 0 Å². The van der Waals surface area contributed by atoms with Crippen molar-refractivity contribution in [3.8, 4) is 0 Å². The Labute approximate surface area is 177 Å². The third-order valence-electron chi connectivity index (χ3n) is 5.55. The average molecular weight is 426 g/mol. The number of amides is 1. The summed E-state index contributed by atoms with van der Waals surface area (Å²) in [5, 5.41) is 4.29. The summed E-state index contributed by atoms with van der Waals surface area (Å²) in [6, 6.07) is 8.47. The zero-order chi connectivity index (χ0) is 21.3. The second-order valence-corrected chi connectivity index (χ2v) is 8.49. The van der Waals surface area contributed by atoms with Gasteiger partial charge in [0.05, 0.1) is 17.6 Å². The normalized spacial score (nSPS) is 15.6. The van der Waals surface area contributed by atoms with Crippen LogP contribution in [0.1, 0.15) is 58.0 Å². The van der Waals surface area contributed by atoms with E-state index in [4.69, 9.17) is 9.15 Å².